The SMILES string of the molecule is COc1cc(/C=N/NC(=O)c2ccc(F)cc2)ccc1OCCC(C)C. The number of halogens is 1. The monoisotopic (exact) mass is 358 g/mol. The number of hydrogen-bond donors (Lipinski definition) is 1. The maximum atomic E-state index is 12.9. The topological polar surface area (TPSA) is 59.9 Å². The summed E-state index contributed by atoms with van der Waals surface area (Å²) < 4.78 is 23.9. The van der Waals surface area contributed by atoms with Crippen LogP contribution in [0.5, 0.6) is 11.5 Å². The molecule has 0 aromatic heterocycles. The van der Waals surface area contributed by atoms with Crippen molar-refractivity contribution in [1.82, 2.24) is 5.43 Å². The summed E-state index contributed by atoms with van der Waals surface area (Å²) in [5, 5.41) is 3.92. The second-order valence-electron chi connectivity index (χ2n) is 6.15. The summed E-state index contributed by atoms with van der Waals surface area (Å²) >= 11 is 0. The fourth-order valence-corrected chi connectivity index (χ4v) is 2.12. The van der Waals surface area contributed by atoms with E-state index in [0.29, 0.717) is 29.6 Å². The first-order valence-electron chi connectivity index (χ1n) is 8.39. The van der Waals surface area contributed by atoms with E-state index in [0.717, 1.165) is 12.0 Å². The predicted molar refractivity (Wildman–Crippen MR) is 99.4 cm³/mol. The number of hydrogen-bond acceptors (Lipinski definition) is 4. The molecule has 0 aliphatic rings. The zero-order valence-corrected chi connectivity index (χ0v) is 15.2. The van der Waals surface area contributed by atoms with Crippen molar-refractivity contribution in [2.45, 2.75) is 20.3 Å². The van der Waals surface area contributed by atoms with Crippen LogP contribution < -0.4 is 14.9 Å². The third-order valence-corrected chi connectivity index (χ3v) is 3.63. The molecule has 0 aliphatic heterocycles. The predicted octanol–water partition coefficient (Wildman–Crippen LogP) is 4.02. The Kier molecular flexibility index (Phi) is 7.14. The van der Waals surface area contributed by atoms with Gasteiger partial charge in [0, 0.05) is 5.56 Å². The Bertz CT molecular complexity index is 758. The highest BCUT2D eigenvalue weighted by atomic mass is 19.1. The summed E-state index contributed by atoms with van der Waals surface area (Å²) in [6, 6.07) is 10.6. The summed E-state index contributed by atoms with van der Waals surface area (Å²) in [6.07, 6.45) is 2.46. The lowest BCUT2D eigenvalue weighted by atomic mass is 10.1. The molecule has 138 valence electrons. The van der Waals surface area contributed by atoms with Crippen molar-refractivity contribution < 1.29 is 18.7 Å². The number of rotatable bonds is 8. The summed E-state index contributed by atoms with van der Waals surface area (Å²) in [4.78, 5) is 11.9. The lowest BCUT2D eigenvalue weighted by Gasteiger charge is -2.12. The molecule has 0 heterocycles. The van der Waals surface area contributed by atoms with Crippen LogP contribution in [0.3, 0.4) is 0 Å². The van der Waals surface area contributed by atoms with Crippen molar-refractivity contribution in [1.29, 1.82) is 0 Å². The fourth-order valence-electron chi connectivity index (χ4n) is 2.12. The number of nitrogens with one attached hydrogen (secondary N) is 1. The van der Waals surface area contributed by atoms with Crippen molar-refractivity contribution in [3.05, 3.63) is 59.4 Å². The Morgan fingerprint density at radius 1 is 1.19 bits per heavy atom. The smallest absolute Gasteiger partial charge is 0.271 e. The van der Waals surface area contributed by atoms with Crippen molar-refractivity contribution in [2.24, 2.45) is 11.0 Å². The third-order valence-electron chi connectivity index (χ3n) is 3.63. The van der Waals surface area contributed by atoms with E-state index in [9.17, 15) is 9.18 Å². The Hall–Kier alpha value is -2.89. The van der Waals surface area contributed by atoms with E-state index in [1.54, 1.807) is 13.2 Å². The van der Waals surface area contributed by atoms with Crippen molar-refractivity contribution in [3.63, 3.8) is 0 Å². The maximum absolute atomic E-state index is 12.9. The second kappa shape index (κ2) is 9.56. The molecule has 1 N–H and O–H groups in total. The van der Waals surface area contributed by atoms with Gasteiger partial charge in [-0.05, 0) is 60.4 Å². The van der Waals surface area contributed by atoms with Crippen LogP contribution in [0.2, 0.25) is 0 Å². The van der Waals surface area contributed by atoms with E-state index in [4.69, 9.17) is 9.47 Å². The van der Waals surface area contributed by atoms with Crippen LogP contribution in [-0.4, -0.2) is 25.8 Å². The Morgan fingerprint density at radius 3 is 2.58 bits per heavy atom. The van der Waals surface area contributed by atoms with Gasteiger partial charge in [0.1, 0.15) is 5.82 Å². The number of hydrazone groups is 1. The average molecular weight is 358 g/mol. The lowest BCUT2D eigenvalue weighted by Crippen LogP contribution is -2.17. The molecule has 0 bridgehead atoms. The average Bonchev–Trinajstić information content (AvgIpc) is 2.62. The third kappa shape index (κ3) is 5.88. The molecule has 0 saturated heterocycles. The molecule has 6 heteroatoms. The molecular formula is C20H23FN2O3. The van der Waals surface area contributed by atoms with E-state index in [1.807, 2.05) is 12.1 Å². The summed E-state index contributed by atoms with van der Waals surface area (Å²) in [5.74, 6) is 1.02. The number of ether oxygens (including phenoxy) is 2. The molecule has 0 aliphatic carbocycles. The minimum absolute atomic E-state index is 0.329. The van der Waals surface area contributed by atoms with E-state index in [2.05, 4.69) is 24.4 Å². The standard InChI is InChI=1S/C20H23FN2O3/c1-14(2)10-11-26-18-9-4-15(12-19(18)25-3)13-22-23-20(24)16-5-7-17(21)8-6-16/h4-9,12-14H,10-11H2,1-3H3,(H,23,24)/b22-13+. The lowest BCUT2D eigenvalue weighted by molar-refractivity contribution is 0.0955. The van der Waals surface area contributed by atoms with E-state index in [-0.39, 0.29) is 0 Å². The van der Waals surface area contributed by atoms with Gasteiger partial charge in [-0.2, -0.15) is 5.10 Å². The second-order valence-corrected chi connectivity index (χ2v) is 6.15. The Morgan fingerprint density at radius 2 is 1.92 bits per heavy atom. The molecule has 1 amide bonds. The van der Waals surface area contributed by atoms with Crippen LogP contribution >= 0.6 is 0 Å². The van der Waals surface area contributed by atoms with Gasteiger partial charge in [0.15, 0.2) is 11.5 Å². The van der Waals surface area contributed by atoms with Gasteiger partial charge < -0.3 is 9.47 Å². The summed E-state index contributed by atoms with van der Waals surface area (Å²) in [7, 11) is 1.57. The van der Waals surface area contributed by atoms with Gasteiger partial charge in [-0.3, -0.25) is 4.79 Å². The van der Waals surface area contributed by atoms with Gasteiger partial charge in [-0.15, -0.1) is 0 Å². The van der Waals surface area contributed by atoms with Crippen LogP contribution in [0.15, 0.2) is 47.6 Å². The van der Waals surface area contributed by atoms with E-state index in [1.165, 1.54) is 30.5 Å². The van der Waals surface area contributed by atoms with Gasteiger partial charge in [-0.25, -0.2) is 9.82 Å². The minimum atomic E-state index is -0.415. The van der Waals surface area contributed by atoms with Crippen LogP contribution in [0.4, 0.5) is 4.39 Å². The zero-order valence-electron chi connectivity index (χ0n) is 15.2. The highest BCUT2D eigenvalue weighted by Crippen LogP contribution is 2.27. The first-order valence-corrected chi connectivity index (χ1v) is 8.39. The summed E-state index contributed by atoms with van der Waals surface area (Å²) in [6.45, 7) is 4.90. The number of carbonyl (C=O) groups excluding carboxylic acids is 1. The molecule has 0 radical (unpaired) electrons. The first-order chi connectivity index (χ1) is 12.5. The molecule has 2 aromatic carbocycles. The molecule has 26 heavy (non-hydrogen) atoms. The number of amides is 1. The Balaban J connectivity index is 1.96. The molecule has 0 saturated carbocycles. The van der Waals surface area contributed by atoms with Crippen LogP contribution in [-0.2, 0) is 0 Å². The van der Waals surface area contributed by atoms with Crippen LogP contribution in [0.25, 0.3) is 0 Å². The Labute approximate surface area is 152 Å². The van der Waals surface area contributed by atoms with Gasteiger partial charge in [-0.1, -0.05) is 13.8 Å². The molecule has 0 atom stereocenters. The molecule has 0 spiro atoms. The van der Waals surface area contributed by atoms with E-state index >= 15 is 0 Å². The molecule has 2 aromatic rings. The number of benzene rings is 2. The van der Waals surface area contributed by atoms with Gasteiger partial charge in [0.05, 0.1) is 19.9 Å². The zero-order chi connectivity index (χ0) is 18.9. The van der Waals surface area contributed by atoms with Crippen molar-refractivity contribution in [3.8, 4) is 11.5 Å². The molecule has 0 fully saturated rings. The van der Waals surface area contributed by atoms with Crippen molar-refractivity contribution in [2.75, 3.05) is 13.7 Å². The van der Waals surface area contributed by atoms with Gasteiger partial charge in [0.2, 0.25) is 0 Å². The molecule has 5 nitrogen and oxygen atoms in total. The maximum Gasteiger partial charge on any atom is 0.271 e. The normalized spacial score (nSPS) is 11.0. The number of nitrogens with zero attached hydrogens (tertiary/aromatic N) is 1. The van der Waals surface area contributed by atoms with E-state index < -0.39 is 11.7 Å². The minimum Gasteiger partial charge on any atom is -0.493 e. The van der Waals surface area contributed by atoms with Gasteiger partial charge >= 0.3 is 0 Å². The highest BCUT2D eigenvalue weighted by molar-refractivity contribution is 5.94. The molecule has 2 rings (SSSR count). The first kappa shape index (κ1) is 19.4. The van der Waals surface area contributed by atoms with Crippen molar-refractivity contribution >= 4 is 12.1 Å². The highest BCUT2D eigenvalue weighted by Gasteiger charge is 2.06. The quantitative estimate of drug-likeness (QED) is 0.573. The van der Waals surface area contributed by atoms with Crippen LogP contribution in [0, 0.1) is 11.7 Å². The van der Waals surface area contributed by atoms with Crippen LogP contribution in [0.1, 0.15) is 36.2 Å². The number of carbonyl (C=O) groups is 1. The molecular weight excluding hydrogens is 335 g/mol. The number of methoxy groups -OCH3 is 1. The largest absolute Gasteiger partial charge is 0.493 e. The van der Waals surface area contributed by atoms with Gasteiger partial charge in [0.25, 0.3) is 5.91 Å². The molecule has 0 unspecified atom stereocenters. The summed E-state index contributed by atoms with van der Waals surface area (Å²) in [5.41, 5.74) is 3.48. The fraction of sp³-hybridized carbons (Fsp3) is 0.300.